The third-order valence-corrected chi connectivity index (χ3v) is 2.81. The van der Waals surface area contributed by atoms with E-state index in [9.17, 15) is 4.79 Å². The van der Waals surface area contributed by atoms with Crippen molar-refractivity contribution >= 4 is 17.9 Å². The van der Waals surface area contributed by atoms with Gasteiger partial charge < -0.3 is 9.47 Å². The molecule has 0 bridgehead atoms. The number of nitrogens with one attached hydrogen (secondary N) is 1. The lowest BCUT2D eigenvalue weighted by Crippen LogP contribution is -2.05. The summed E-state index contributed by atoms with van der Waals surface area (Å²) in [7, 11) is 2.84. The van der Waals surface area contributed by atoms with Crippen molar-refractivity contribution < 1.29 is 14.3 Å². The van der Waals surface area contributed by atoms with Gasteiger partial charge in [-0.05, 0) is 35.9 Å². The number of ether oxygens (including phenoxy) is 2. The number of rotatable bonds is 5. The molecule has 21 heavy (non-hydrogen) atoms. The maximum atomic E-state index is 11.7. The number of hydrogen-bond donors (Lipinski definition) is 1. The van der Waals surface area contributed by atoms with Gasteiger partial charge in [0.15, 0.2) is 0 Å². The van der Waals surface area contributed by atoms with Crippen LogP contribution in [0, 0.1) is 0 Å². The van der Waals surface area contributed by atoms with Crippen LogP contribution in [-0.2, 0) is 4.74 Å². The van der Waals surface area contributed by atoms with Gasteiger partial charge in [0.05, 0.1) is 26.1 Å². The van der Waals surface area contributed by atoms with E-state index >= 15 is 0 Å². The van der Waals surface area contributed by atoms with Crippen LogP contribution in [-0.4, -0.2) is 26.4 Å². The van der Waals surface area contributed by atoms with E-state index in [1.165, 1.54) is 14.2 Å². The number of hydrogen-bond acceptors (Lipinski definition) is 5. The number of para-hydroxylation sites is 1. The molecule has 1 N–H and O–H groups in total. The topological polar surface area (TPSA) is 59.9 Å². The van der Waals surface area contributed by atoms with Crippen LogP contribution in [0.25, 0.3) is 0 Å². The summed E-state index contributed by atoms with van der Waals surface area (Å²) in [6.07, 6.45) is 1.62. The van der Waals surface area contributed by atoms with E-state index in [4.69, 9.17) is 9.47 Å². The van der Waals surface area contributed by atoms with Gasteiger partial charge in [-0.25, -0.2) is 4.79 Å². The number of nitrogens with zero attached hydrogens (tertiary/aromatic N) is 1. The number of anilines is 1. The lowest BCUT2D eigenvalue weighted by molar-refractivity contribution is 0.0597. The van der Waals surface area contributed by atoms with Crippen LogP contribution in [0.1, 0.15) is 15.9 Å². The largest absolute Gasteiger partial charge is 0.496 e. The fourth-order valence-electron chi connectivity index (χ4n) is 1.77. The number of benzene rings is 2. The fourth-order valence-corrected chi connectivity index (χ4v) is 1.77. The van der Waals surface area contributed by atoms with Crippen LogP contribution in [0.15, 0.2) is 53.6 Å². The molecule has 0 aliphatic rings. The van der Waals surface area contributed by atoms with Crippen molar-refractivity contribution in [1.29, 1.82) is 0 Å². The van der Waals surface area contributed by atoms with Crippen LogP contribution in [0.2, 0.25) is 0 Å². The minimum Gasteiger partial charge on any atom is -0.496 e. The van der Waals surface area contributed by atoms with E-state index in [-0.39, 0.29) is 0 Å². The molecule has 0 saturated carbocycles. The first kappa shape index (κ1) is 14.6. The van der Waals surface area contributed by atoms with Gasteiger partial charge in [-0.2, -0.15) is 5.10 Å². The highest BCUT2D eigenvalue weighted by Crippen LogP contribution is 2.20. The zero-order valence-electron chi connectivity index (χ0n) is 11.9. The van der Waals surface area contributed by atoms with Crippen molar-refractivity contribution in [2.24, 2.45) is 5.10 Å². The molecule has 0 heterocycles. The van der Waals surface area contributed by atoms with Crippen molar-refractivity contribution in [3.05, 3.63) is 59.7 Å². The fraction of sp³-hybridized carbons (Fsp3) is 0.125. The van der Waals surface area contributed by atoms with Crippen molar-refractivity contribution in [2.45, 2.75) is 0 Å². The molecule has 0 amide bonds. The minimum atomic E-state index is -0.446. The van der Waals surface area contributed by atoms with Gasteiger partial charge in [-0.3, -0.25) is 5.43 Å². The molecule has 0 saturated heterocycles. The van der Waals surface area contributed by atoms with Crippen LogP contribution >= 0.6 is 0 Å². The predicted molar refractivity (Wildman–Crippen MR) is 82.0 cm³/mol. The Morgan fingerprint density at radius 3 is 2.57 bits per heavy atom. The summed E-state index contributed by atoms with van der Waals surface area (Å²) in [6, 6.07) is 14.8. The highest BCUT2D eigenvalue weighted by molar-refractivity contribution is 5.95. The van der Waals surface area contributed by atoms with Gasteiger partial charge in [-0.15, -0.1) is 0 Å². The number of carbonyl (C=O) groups is 1. The molecule has 5 heteroatoms. The third kappa shape index (κ3) is 3.82. The molecule has 5 nitrogen and oxygen atoms in total. The van der Waals surface area contributed by atoms with Crippen molar-refractivity contribution in [1.82, 2.24) is 0 Å². The Hall–Kier alpha value is -2.82. The van der Waals surface area contributed by atoms with E-state index in [0.717, 1.165) is 11.3 Å². The Bertz CT molecular complexity index is 639. The summed E-state index contributed by atoms with van der Waals surface area (Å²) < 4.78 is 9.86. The summed E-state index contributed by atoms with van der Waals surface area (Å²) in [5.74, 6) is 0.0214. The molecule has 0 radical (unpaired) electrons. The molecule has 0 aliphatic heterocycles. The molecule has 2 aromatic rings. The highest BCUT2D eigenvalue weighted by Gasteiger charge is 2.12. The van der Waals surface area contributed by atoms with Gasteiger partial charge in [-0.1, -0.05) is 18.2 Å². The number of methoxy groups -OCH3 is 2. The van der Waals surface area contributed by atoms with Gasteiger partial charge >= 0.3 is 5.97 Å². The molecule has 0 fully saturated rings. The summed E-state index contributed by atoms with van der Waals surface area (Å²) in [4.78, 5) is 11.7. The highest BCUT2D eigenvalue weighted by atomic mass is 16.5. The Labute approximate surface area is 123 Å². The first-order valence-corrected chi connectivity index (χ1v) is 6.35. The van der Waals surface area contributed by atoms with E-state index < -0.39 is 5.97 Å². The Morgan fingerprint density at radius 2 is 1.90 bits per heavy atom. The Balaban J connectivity index is 2.15. The monoisotopic (exact) mass is 284 g/mol. The molecule has 0 atom stereocenters. The van der Waals surface area contributed by atoms with Crippen molar-refractivity contribution in [3.63, 3.8) is 0 Å². The average Bonchev–Trinajstić information content (AvgIpc) is 2.55. The summed E-state index contributed by atoms with van der Waals surface area (Å²) in [5.41, 5.74) is 4.92. The number of esters is 1. The van der Waals surface area contributed by atoms with Crippen LogP contribution in [0.5, 0.6) is 5.75 Å². The van der Waals surface area contributed by atoms with Crippen LogP contribution in [0.4, 0.5) is 5.69 Å². The third-order valence-electron chi connectivity index (χ3n) is 2.81. The molecule has 0 aliphatic carbocycles. The van der Waals surface area contributed by atoms with Crippen LogP contribution in [0.3, 0.4) is 0 Å². The average molecular weight is 284 g/mol. The minimum absolute atomic E-state index is 0.365. The van der Waals surface area contributed by atoms with Crippen molar-refractivity contribution in [2.75, 3.05) is 19.6 Å². The lowest BCUT2D eigenvalue weighted by Gasteiger charge is -2.07. The molecular weight excluding hydrogens is 268 g/mol. The summed E-state index contributed by atoms with van der Waals surface area (Å²) >= 11 is 0. The lowest BCUT2D eigenvalue weighted by atomic mass is 10.1. The second-order valence-corrected chi connectivity index (χ2v) is 4.19. The normalized spacial score (nSPS) is 10.4. The maximum absolute atomic E-state index is 11.7. The van der Waals surface area contributed by atoms with E-state index in [2.05, 4.69) is 10.5 Å². The molecule has 108 valence electrons. The van der Waals surface area contributed by atoms with E-state index in [1.54, 1.807) is 24.4 Å². The molecule has 0 unspecified atom stereocenters. The number of carbonyl (C=O) groups excluding carboxylic acids is 1. The summed E-state index contributed by atoms with van der Waals surface area (Å²) in [5, 5.41) is 4.13. The molecule has 0 spiro atoms. The van der Waals surface area contributed by atoms with Crippen LogP contribution < -0.4 is 10.2 Å². The van der Waals surface area contributed by atoms with Gasteiger partial charge in [0.25, 0.3) is 0 Å². The Morgan fingerprint density at radius 1 is 1.14 bits per heavy atom. The van der Waals surface area contributed by atoms with Crippen molar-refractivity contribution in [3.8, 4) is 5.75 Å². The standard InChI is InChI=1S/C16H16N2O3/c1-20-15-9-8-12(10-14(15)16(19)21-2)11-17-18-13-6-4-3-5-7-13/h3-11,18H,1-2H3. The second kappa shape index (κ2) is 7.09. The first-order valence-electron chi connectivity index (χ1n) is 6.35. The van der Waals surface area contributed by atoms with E-state index in [0.29, 0.717) is 11.3 Å². The molecule has 0 aromatic heterocycles. The Kier molecular flexibility index (Phi) is 4.93. The van der Waals surface area contributed by atoms with Gasteiger partial charge in [0.2, 0.25) is 0 Å². The first-order chi connectivity index (χ1) is 10.2. The SMILES string of the molecule is COC(=O)c1cc(C=NNc2ccccc2)ccc1OC. The van der Waals surface area contributed by atoms with Gasteiger partial charge in [0, 0.05) is 0 Å². The maximum Gasteiger partial charge on any atom is 0.341 e. The molecular formula is C16H16N2O3. The van der Waals surface area contributed by atoms with Gasteiger partial charge in [0.1, 0.15) is 11.3 Å². The smallest absolute Gasteiger partial charge is 0.341 e. The quantitative estimate of drug-likeness (QED) is 0.521. The number of hydrazone groups is 1. The molecule has 2 aromatic carbocycles. The predicted octanol–water partition coefficient (Wildman–Crippen LogP) is 2.93. The van der Waals surface area contributed by atoms with E-state index in [1.807, 2.05) is 30.3 Å². The second-order valence-electron chi connectivity index (χ2n) is 4.19. The zero-order valence-corrected chi connectivity index (χ0v) is 11.9. The summed E-state index contributed by atoms with van der Waals surface area (Å²) in [6.45, 7) is 0. The zero-order chi connectivity index (χ0) is 15.1. The molecule has 2 rings (SSSR count).